The molecule has 0 bridgehead atoms. The molecule has 0 saturated heterocycles. The summed E-state index contributed by atoms with van der Waals surface area (Å²) in [7, 11) is 2.08. The van der Waals surface area contributed by atoms with E-state index in [-0.39, 0.29) is 0 Å². The lowest BCUT2D eigenvalue weighted by Crippen LogP contribution is -2.23. The van der Waals surface area contributed by atoms with Crippen LogP contribution in [-0.4, -0.2) is 9.47 Å². The smallest absolute Gasteiger partial charge is 0.0991 e. The molecule has 1 heterocycles. The minimum Gasteiger partial charge on any atom is -0.353 e. The number of hydrogen-bond acceptors (Lipinski definition) is 2. The van der Waals surface area contributed by atoms with Crippen molar-refractivity contribution in [1.82, 2.24) is 9.47 Å². The van der Waals surface area contributed by atoms with E-state index in [0.717, 1.165) is 19.6 Å². The van der Waals surface area contributed by atoms with E-state index in [2.05, 4.69) is 71.2 Å². The lowest BCUT2D eigenvalue weighted by Gasteiger charge is -2.23. The lowest BCUT2D eigenvalue weighted by atomic mass is 10.1. The highest BCUT2D eigenvalue weighted by Gasteiger charge is 2.10. The second-order valence-electron chi connectivity index (χ2n) is 6.05. The first-order chi connectivity index (χ1) is 11.7. The maximum absolute atomic E-state index is 9.11. The number of aryl methyl sites for hydroxylation is 1. The molecule has 1 aromatic heterocycles. The SMILES string of the molecule is Cn1cccc1CN(Cc1ccccc1)Cc1cccc(C#N)c1. The molecule has 0 aliphatic heterocycles. The molecule has 0 atom stereocenters. The Morgan fingerprint density at radius 1 is 0.875 bits per heavy atom. The summed E-state index contributed by atoms with van der Waals surface area (Å²) >= 11 is 0. The minimum absolute atomic E-state index is 0.714. The Morgan fingerprint density at radius 3 is 2.33 bits per heavy atom. The van der Waals surface area contributed by atoms with Gasteiger partial charge in [0.25, 0.3) is 0 Å². The van der Waals surface area contributed by atoms with Gasteiger partial charge in [0.15, 0.2) is 0 Å². The first-order valence-corrected chi connectivity index (χ1v) is 8.10. The largest absolute Gasteiger partial charge is 0.353 e. The first-order valence-electron chi connectivity index (χ1n) is 8.10. The summed E-state index contributed by atoms with van der Waals surface area (Å²) in [4.78, 5) is 2.40. The minimum atomic E-state index is 0.714. The molecule has 0 aliphatic carbocycles. The van der Waals surface area contributed by atoms with E-state index >= 15 is 0 Å². The molecular weight excluding hydrogens is 294 g/mol. The summed E-state index contributed by atoms with van der Waals surface area (Å²) in [5.41, 5.74) is 4.45. The maximum atomic E-state index is 9.11. The van der Waals surface area contributed by atoms with Crippen LogP contribution in [0.5, 0.6) is 0 Å². The average Bonchev–Trinajstić information content (AvgIpc) is 3.01. The van der Waals surface area contributed by atoms with Crippen LogP contribution in [0.2, 0.25) is 0 Å². The number of hydrogen-bond donors (Lipinski definition) is 0. The second-order valence-corrected chi connectivity index (χ2v) is 6.05. The highest BCUT2D eigenvalue weighted by atomic mass is 15.1. The lowest BCUT2D eigenvalue weighted by molar-refractivity contribution is 0.242. The van der Waals surface area contributed by atoms with Gasteiger partial charge in [-0.3, -0.25) is 4.90 Å². The van der Waals surface area contributed by atoms with Gasteiger partial charge in [0.05, 0.1) is 11.6 Å². The Kier molecular flexibility index (Phi) is 5.10. The zero-order chi connectivity index (χ0) is 16.8. The fourth-order valence-corrected chi connectivity index (χ4v) is 2.90. The molecule has 0 fully saturated rings. The standard InChI is InChI=1S/C21H21N3/c1-23-12-6-11-21(23)17-24(15-18-7-3-2-4-8-18)16-20-10-5-9-19(13-20)14-22/h2-13H,15-17H2,1H3. The number of aromatic nitrogens is 1. The van der Waals surface area contributed by atoms with E-state index < -0.39 is 0 Å². The van der Waals surface area contributed by atoms with Gasteiger partial charge in [-0.2, -0.15) is 5.26 Å². The first kappa shape index (κ1) is 16.0. The number of rotatable bonds is 6. The van der Waals surface area contributed by atoms with Crippen LogP contribution in [0.3, 0.4) is 0 Å². The summed E-state index contributed by atoms with van der Waals surface area (Å²) in [5.74, 6) is 0. The average molecular weight is 315 g/mol. The van der Waals surface area contributed by atoms with E-state index in [0.29, 0.717) is 5.56 Å². The summed E-state index contributed by atoms with van der Waals surface area (Å²) in [6.07, 6.45) is 2.08. The summed E-state index contributed by atoms with van der Waals surface area (Å²) in [6.45, 7) is 2.56. The van der Waals surface area contributed by atoms with Crippen molar-refractivity contribution in [3.63, 3.8) is 0 Å². The molecule has 120 valence electrons. The van der Waals surface area contributed by atoms with Crippen LogP contribution < -0.4 is 0 Å². The van der Waals surface area contributed by atoms with Gasteiger partial charge >= 0.3 is 0 Å². The van der Waals surface area contributed by atoms with Gasteiger partial charge in [-0.05, 0) is 35.4 Å². The Bertz CT molecular complexity index is 828. The maximum Gasteiger partial charge on any atom is 0.0991 e. The topological polar surface area (TPSA) is 32.0 Å². The molecule has 0 N–H and O–H groups in total. The van der Waals surface area contributed by atoms with E-state index in [1.807, 2.05) is 24.3 Å². The Morgan fingerprint density at radius 2 is 1.62 bits per heavy atom. The van der Waals surface area contributed by atoms with Crippen molar-refractivity contribution in [2.45, 2.75) is 19.6 Å². The fraction of sp³-hybridized carbons (Fsp3) is 0.190. The Balaban J connectivity index is 1.81. The van der Waals surface area contributed by atoms with Crippen molar-refractivity contribution in [3.05, 3.63) is 95.3 Å². The van der Waals surface area contributed by atoms with E-state index in [1.165, 1.54) is 16.8 Å². The van der Waals surface area contributed by atoms with Crippen LogP contribution in [0.4, 0.5) is 0 Å². The van der Waals surface area contributed by atoms with Crippen LogP contribution in [0.15, 0.2) is 72.9 Å². The van der Waals surface area contributed by atoms with Gasteiger partial charge < -0.3 is 4.57 Å². The van der Waals surface area contributed by atoms with Crippen molar-refractivity contribution < 1.29 is 0 Å². The van der Waals surface area contributed by atoms with Crippen LogP contribution >= 0.6 is 0 Å². The van der Waals surface area contributed by atoms with E-state index in [1.54, 1.807) is 0 Å². The van der Waals surface area contributed by atoms with Crippen molar-refractivity contribution in [3.8, 4) is 6.07 Å². The molecule has 3 heteroatoms. The normalized spacial score (nSPS) is 10.7. The Labute approximate surface area is 143 Å². The molecule has 0 spiro atoms. The molecule has 0 amide bonds. The highest BCUT2D eigenvalue weighted by Crippen LogP contribution is 2.15. The third kappa shape index (κ3) is 4.13. The van der Waals surface area contributed by atoms with Gasteiger partial charge in [-0.25, -0.2) is 0 Å². The van der Waals surface area contributed by atoms with Crippen molar-refractivity contribution in [2.75, 3.05) is 0 Å². The fourth-order valence-electron chi connectivity index (χ4n) is 2.90. The predicted molar refractivity (Wildman–Crippen MR) is 96.0 cm³/mol. The van der Waals surface area contributed by atoms with Crippen LogP contribution in [0.1, 0.15) is 22.4 Å². The van der Waals surface area contributed by atoms with Gasteiger partial charge in [0, 0.05) is 38.6 Å². The number of nitrogens with zero attached hydrogens (tertiary/aromatic N) is 3. The summed E-state index contributed by atoms with van der Waals surface area (Å²) in [5, 5.41) is 9.11. The molecule has 0 aliphatic rings. The molecule has 24 heavy (non-hydrogen) atoms. The third-order valence-electron chi connectivity index (χ3n) is 4.15. The van der Waals surface area contributed by atoms with E-state index in [9.17, 15) is 0 Å². The molecule has 2 aromatic carbocycles. The molecule has 3 nitrogen and oxygen atoms in total. The predicted octanol–water partition coefficient (Wildman–Crippen LogP) is 4.10. The molecular formula is C21H21N3. The highest BCUT2D eigenvalue weighted by molar-refractivity contribution is 5.32. The summed E-state index contributed by atoms with van der Waals surface area (Å²) in [6, 6.07) is 24.8. The zero-order valence-electron chi connectivity index (χ0n) is 13.9. The van der Waals surface area contributed by atoms with Gasteiger partial charge in [0.2, 0.25) is 0 Å². The molecule has 0 radical (unpaired) electrons. The molecule has 0 unspecified atom stereocenters. The number of nitriles is 1. The monoisotopic (exact) mass is 315 g/mol. The summed E-state index contributed by atoms with van der Waals surface area (Å²) < 4.78 is 2.16. The van der Waals surface area contributed by atoms with Gasteiger partial charge in [-0.15, -0.1) is 0 Å². The Hall–Kier alpha value is -2.83. The van der Waals surface area contributed by atoms with Crippen LogP contribution in [0, 0.1) is 11.3 Å². The van der Waals surface area contributed by atoms with Crippen molar-refractivity contribution in [1.29, 1.82) is 5.26 Å². The van der Waals surface area contributed by atoms with E-state index in [4.69, 9.17) is 5.26 Å². The van der Waals surface area contributed by atoms with Crippen LogP contribution in [0.25, 0.3) is 0 Å². The quantitative estimate of drug-likeness (QED) is 0.686. The molecule has 3 rings (SSSR count). The second kappa shape index (κ2) is 7.63. The van der Waals surface area contributed by atoms with Gasteiger partial charge in [0.1, 0.15) is 0 Å². The molecule has 3 aromatic rings. The van der Waals surface area contributed by atoms with Crippen molar-refractivity contribution in [2.24, 2.45) is 7.05 Å². The van der Waals surface area contributed by atoms with Crippen molar-refractivity contribution >= 4 is 0 Å². The zero-order valence-corrected chi connectivity index (χ0v) is 13.9. The number of benzene rings is 2. The van der Waals surface area contributed by atoms with Gasteiger partial charge in [-0.1, -0.05) is 42.5 Å². The third-order valence-corrected chi connectivity index (χ3v) is 4.15. The van der Waals surface area contributed by atoms with Crippen LogP contribution in [-0.2, 0) is 26.7 Å². The molecule has 0 saturated carbocycles.